The summed E-state index contributed by atoms with van der Waals surface area (Å²) >= 11 is 0. The van der Waals surface area contributed by atoms with Gasteiger partial charge in [0.25, 0.3) is 0 Å². The lowest BCUT2D eigenvalue weighted by atomic mass is 9.92. The van der Waals surface area contributed by atoms with Crippen molar-refractivity contribution in [1.29, 1.82) is 0 Å². The molecule has 5 heteroatoms. The zero-order chi connectivity index (χ0) is 19.2. The number of aryl methyl sites for hydroxylation is 1. The fourth-order valence-corrected chi connectivity index (χ4v) is 3.74. The molecule has 0 bridgehead atoms. The van der Waals surface area contributed by atoms with Crippen LogP contribution in [-0.2, 0) is 11.2 Å². The van der Waals surface area contributed by atoms with Crippen molar-refractivity contribution in [2.75, 3.05) is 13.1 Å². The Kier molecular flexibility index (Phi) is 5.71. The average Bonchev–Trinajstić information content (AvgIpc) is 2.79. The van der Waals surface area contributed by atoms with E-state index in [0.29, 0.717) is 12.3 Å². The maximum absolute atomic E-state index is 12.5. The highest BCUT2D eigenvalue weighted by atomic mass is 16.2. The van der Waals surface area contributed by atoms with Crippen molar-refractivity contribution in [1.82, 2.24) is 19.9 Å². The number of carbonyl (C=O) groups is 1. The fourth-order valence-electron chi connectivity index (χ4n) is 3.74. The van der Waals surface area contributed by atoms with Gasteiger partial charge in [-0.1, -0.05) is 36.4 Å². The summed E-state index contributed by atoms with van der Waals surface area (Å²) in [7, 11) is 0. The second-order valence-corrected chi connectivity index (χ2v) is 7.24. The molecule has 1 saturated heterocycles. The Morgan fingerprint density at radius 1 is 0.929 bits per heavy atom. The minimum absolute atomic E-state index is 0.259. The molecule has 5 nitrogen and oxygen atoms in total. The number of piperidine rings is 1. The van der Waals surface area contributed by atoms with Gasteiger partial charge >= 0.3 is 0 Å². The summed E-state index contributed by atoms with van der Waals surface area (Å²) in [6.45, 7) is 1.63. The van der Waals surface area contributed by atoms with E-state index in [0.717, 1.165) is 49.2 Å². The van der Waals surface area contributed by atoms with Crippen molar-refractivity contribution in [3.8, 4) is 11.1 Å². The van der Waals surface area contributed by atoms with Gasteiger partial charge in [-0.25, -0.2) is 9.97 Å². The maximum atomic E-state index is 12.5. The summed E-state index contributed by atoms with van der Waals surface area (Å²) in [5.74, 6) is 0.675. The first-order valence-electron chi connectivity index (χ1n) is 9.82. The summed E-state index contributed by atoms with van der Waals surface area (Å²) < 4.78 is 0. The molecule has 2 aromatic heterocycles. The molecule has 0 aliphatic carbocycles. The first kappa shape index (κ1) is 18.3. The predicted octanol–water partition coefficient (Wildman–Crippen LogP) is 3.88. The minimum atomic E-state index is 0.259. The van der Waals surface area contributed by atoms with Crippen LogP contribution < -0.4 is 0 Å². The molecule has 1 aromatic carbocycles. The predicted molar refractivity (Wildman–Crippen MR) is 109 cm³/mol. The van der Waals surface area contributed by atoms with Gasteiger partial charge in [0.05, 0.1) is 0 Å². The van der Waals surface area contributed by atoms with Crippen molar-refractivity contribution in [2.24, 2.45) is 0 Å². The second-order valence-electron chi connectivity index (χ2n) is 7.24. The molecule has 142 valence electrons. The Labute approximate surface area is 165 Å². The maximum Gasteiger partial charge on any atom is 0.222 e. The van der Waals surface area contributed by atoms with Gasteiger partial charge in [-0.15, -0.1) is 0 Å². The number of aromatic nitrogens is 3. The van der Waals surface area contributed by atoms with Gasteiger partial charge in [-0.2, -0.15) is 0 Å². The van der Waals surface area contributed by atoms with Crippen LogP contribution in [0.5, 0.6) is 0 Å². The van der Waals surface area contributed by atoms with E-state index in [-0.39, 0.29) is 5.91 Å². The number of amides is 1. The molecule has 3 heterocycles. The van der Waals surface area contributed by atoms with Crippen LogP contribution in [0.1, 0.15) is 36.4 Å². The highest BCUT2D eigenvalue weighted by molar-refractivity contribution is 5.76. The van der Waals surface area contributed by atoms with E-state index < -0.39 is 0 Å². The van der Waals surface area contributed by atoms with E-state index in [1.165, 1.54) is 11.9 Å². The van der Waals surface area contributed by atoms with Crippen LogP contribution in [0.4, 0.5) is 0 Å². The van der Waals surface area contributed by atoms with Gasteiger partial charge in [0.1, 0.15) is 6.33 Å². The number of hydrogen-bond donors (Lipinski definition) is 0. The minimum Gasteiger partial charge on any atom is -0.343 e. The second kappa shape index (κ2) is 8.74. The standard InChI is InChI=1S/C23H24N4O/c28-23(9-6-18-4-2-1-3-5-18)27-12-10-19(11-13-27)22-8-7-20(16-26-22)21-14-24-17-25-15-21/h1-5,7-8,14-17,19H,6,9-13H2. The summed E-state index contributed by atoms with van der Waals surface area (Å²) in [6.07, 6.45) is 10.3. The number of likely N-dealkylation sites (tertiary alicyclic amines) is 1. The number of nitrogens with zero attached hydrogens (tertiary/aromatic N) is 4. The number of pyridine rings is 1. The molecule has 0 N–H and O–H groups in total. The highest BCUT2D eigenvalue weighted by Gasteiger charge is 2.24. The molecule has 0 radical (unpaired) electrons. The zero-order valence-electron chi connectivity index (χ0n) is 15.9. The third-order valence-electron chi connectivity index (χ3n) is 5.42. The monoisotopic (exact) mass is 372 g/mol. The molecule has 1 amide bonds. The number of hydrogen-bond acceptors (Lipinski definition) is 4. The Balaban J connectivity index is 1.29. The number of carbonyl (C=O) groups excluding carboxylic acids is 1. The lowest BCUT2D eigenvalue weighted by Crippen LogP contribution is -2.38. The van der Waals surface area contributed by atoms with Gasteiger partial charge in [0.2, 0.25) is 5.91 Å². The molecule has 4 rings (SSSR count). The van der Waals surface area contributed by atoms with E-state index in [1.807, 2.05) is 29.3 Å². The van der Waals surface area contributed by atoms with Crippen molar-refractivity contribution in [3.05, 3.63) is 78.6 Å². The van der Waals surface area contributed by atoms with Crippen molar-refractivity contribution < 1.29 is 4.79 Å². The van der Waals surface area contributed by atoms with E-state index in [9.17, 15) is 4.79 Å². The molecule has 28 heavy (non-hydrogen) atoms. The third kappa shape index (κ3) is 4.42. The van der Waals surface area contributed by atoms with E-state index in [2.05, 4.69) is 39.2 Å². The molecule has 0 saturated carbocycles. The van der Waals surface area contributed by atoms with Crippen LogP contribution in [0.2, 0.25) is 0 Å². The number of rotatable bonds is 5. The number of benzene rings is 1. The van der Waals surface area contributed by atoms with Crippen LogP contribution in [0, 0.1) is 0 Å². The van der Waals surface area contributed by atoms with Gasteiger partial charge in [-0.3, -0.25) is 9.78 Å². The van der Waals surface area contributed by atoms with Crippen LogP contribution >= 0.6 is 0 Å². The molecule has 1 aliphatic heterocycles. The van der Waals surface area contributed by atoms with Gasteiger partial charge in [0.15, 0.2) is 0 Å². The van der Waals surface area contributed by atoms with Crippen molar-refractivity contribution >= 4 is 5.91 Å². The Morgan fingerprint density at radius 3 is 2.36 bits per heavy atom. The molecule has 1 fully saturated rings. The Bertz CT molecular complexity index is 889. The summed E-state index contributed by atoms with van der Waals surface area (Å²) in [4.78, 5) is 27.3. The van der Waals surface area contributed by atoms with Gasteiger partial charge in [-0.05, 0) is 30.9 Å². The van der Waals surface area contributed by atoms with Crippen LogP contribution in [0.3, 0.4) is 0 Å². The third-order valence-corrected chi connectivity index (χ3v) is 5.42. The lowest BCUT2D eigenvalue weighted by molar-refractivity contribution is -0.132. The largest absolute Gasteiger partial charge is 0.343 e. The summed E-state index contributed by atoms with van der Waals surface area (Å²) in [6, 6.07) is 14.4. The molecule has 0 atom stereocenters. The van der Waals surface area contributed by atoms with Crippen LogP contribution in [0.15, 0.2) is 67.4 Å². The smallest absolute Gasteiger partial charge is 0.222 e. The van der Waals surface area contributed by atoms with E-state index >= 15 is 0 Å². The van der Waals surface area contributed by atoms with E-state index in [1.54, 1.807) is 12.4 Å². The molecule has 0 unspecified atom stereocenters. The lowest BCUT2D eigenvalue weighted by Gasteiger charge is -2.32. The SMILES string of the molecule is O=C(CCc1ccccc1)N1CCC(c2ccc(-c3cncnc3)cn2)CC1. The van der Waals surface area contributed by atoms with Crippen LogP contribution in [0.25, 0.3) is 11.1 Å². The Morgan fingerprint density at radius 2 is 1.68 bits per heavy atom. The van der Waals surface area contributed by atoms with E-state index in [4.69, 9.17) is 0 Å². The van der Waals surface area contributed by atoms with Crippen molar-refractivity contribution in [3.63, 3.8) is 0 Å². The first-order valence-corrected chi connectivity index (χ1v) is 9.82. The molecule has 3 aromatic rings. The highest BCUT2D eigenvalue weighted by Crippen LogP contribution is 2.28. The van der Waals surface area contributed by atoms with Gasteiger partial charge < -0.3 is 4.90 Å². The topological polar surface area (TPSA) is 59.0 Å². The normalized spacial score (nSPS) is 14.8. The molecule has 0 spiro atoms. The summed E-state index contributed by atoms with van der Waals surface area (Å²) in [5, 5.41) is 0. The van der Waals surface area contributed by atoms with Crippen molar-refractivity contribution in [2.45, 2.75) is 31.6 Å². The molecular weight excluding hydrogens is 348 g/mol. The van der Waals surface area contributed by atoms with Gasteiger partial charge in [0, 0.05) is 60.8 Å². The molecular formula is C23H24N4O. The summed E-state index contributed by atoms with van der Waals surface area (Å²) in [5.41, 5.74) is 4.33. The first-order chi connectivity index (χ1) is 13.8. The zero-order valence-corrected chi connectivity index (χ0v) is 15.9. The quantitative estimate of drug-likeness (QED) is 0.682. The molecule has 1 aliphatic rings. The van der Waals surface area contributed by atoms with Crippen LogP contribution in [-0.4, -0.2) is 38.8 Å². The Hall–Kier alpha value is -3.08. The fraction of sp³-hybridized carbons (Fsp3) is 0.304. The average molecular weight is 372 g/mol.